The van der Waals surface area contributed by atoms with Crippen molar-refractivity contribution in [3.05, 3.63) is 101 Å². The molecule has 0 saturated heterocycles. The summed E-state index contributed by atoms with van der Waals surface area (Å²) in [5.41, 5.74) is 4.15. The number of para-hydroxylation sites is 1. The monoisotopic (exact) mass is 418 g/mol. The largest absolute Gasteiger partial charge is 0.497 e. The van der Waals surface area contributed by atoms with Crippen LogP contribution < -0.4 is 4.74 Å². The Bertz CT molecular complexity index is 1280. The van der Waals surface area contributed by atoms with Crippen molar-refractivity contribution < 1.29 is 18.3 Å². The number of halogens is 2. The predicted molar refractivity (Wildman–Crippen MR) is 114 cm³/mol. The number of ether oxygens (including phenoxy) is 1. The number of fused-ring (bicyclic) bond motifs is 3. The first-order valence-corrected chi connectivity index (χ1v) is 10.1. The van der Waals surface area contributed by atoms with Gasteiger partial charge in [0.2, 0.25) is 0 Å². The van der Waals surface area contributed by atoms with Crippen LogP contribution in [0.1, 0.15) is 33.2 Å². The number of hydrogen-bond acceptors (Lipinski definition) is 2. The third-order valence-electron chi connectivity index (χ3n) is 5.89. The van der Waals surface area contributed by atoms with E-state index in [0.717, 1.165) is 40.0 Å². The first kappa shape index (κ1) is 19.3. The summed E-state index contributed by atoms with van der Waals surface area (Å²) in [7, 11) is 1.60. The van der Waals surface area contributed by atoms with E-state index in [0.29, 0.717) is 13.0 Å². The molecule has 6 heteroatoms. The van der Waals surface area contributed by atoms with Crippen LogP contribution in [0.4, 0.5) is 8.78 Å². The number of nitrogens with one attached hydrogen (secondary N) is 1. The molecule has 0 unspecified atom stereocenters. The minimum atomic E-state index is -1.03. The molecule has 4 aromatic rings. The minimum Gasteiger partial charge on any atom is -0.497 e. The van der Waals surface area contributed by atoms with Crippen LogP contribution in [0.25, 0.3) is 10.9 Å². The Morgan fingerprint density at radius 1 is 1.03 bits per heavy atom. The Balaban J connectivity index is 1.64. The van der Waals surface area contributed by atoms with E-state index >= 15 is 0 Å². The van der Waals surface area contributed by atoms with Gasteiger partial charge in [0.15, 0.2) is 11.6 Å². The Hall–Kier alpha value is -3.67. The molecule has 1 N–H and O–H groups in total. The fourth-order valence-corrected chi connectivity index (χ4v) is 4.39. The number of benzene rings is 3. The van der Waals surface area contributed by atoms with E-state index in [2.05, 4.69) is 11.1 Å². The summed E-state index contributed by atoms with van der Waals surface area (Å²) in [5, 5.41) is 1.14. The molecule has 3 aromatic carbocycles. The number of aromatic amines is 1. The molecule has 0 radical (unpaired) electrons. The van der Waals surface area contributed by atoms with Gasteiger partial charge in [-0.05, 0) is 53.9 Å². The van der Waals surface area contributed by atoms with Gasteiger partial charge in [-0.25, -0.2) is 8.78 Å². The van der Waals surface area contributed by atoms with Crippen LogP contribution in [-0.4, -0.2) is 29.4 Å². The summed E-state index contributed by atoms with van der Waals surface area (Å²) in [6.45, 7) is 0.462. The summed E-state index contributed by atoms with van der Waals surface area (Å²) in [4.78, 5) is 18.6. The number of methoxy groups -OCH3 is 1. The van der Waals surface area contributed by atoms with Gasteiger partial charge in [0.1, 0.15) is 5.75 Å². The van der Waals surface area contributed by atoms with Gasteiger partial charge in [-0.1, -0.05) is 30.3 Å². The number of amides is 1. The molecule has 1 aliphatic heterocycles. The number of nitrogens with zero attached hydrogens (tertiary/aromatic N) is 1. The van der Waals surface area contributed by atoms with Crippen LogP contribution in [-0.2, 0) is 6.42 Å². The lowest BCUT2D eigenvalue weighted by Gasteiger charge is -2.36. The lowest BCUT2D eigenvalue weighted by Crippen LogP contribution is -2.40. The quantitative estimate of drug-likeness (QED) is 0.494. The van der Waals surface area contributed by atoms with E-state index in [1.54, 1.807) is 12.0 Å². The zero-order valence-electron chi connectivity index (χ0n) is 16.9. The van der Waals surface area contributed by atoms with Gasteiger partial charge < -0.3 is 14.6 Å². The summed E-state index contributed by atoms with van der Waals surface area (Å²) >= 11 is 0. The number of aromatic nitrogens is 1. The number of rotatable bonds is 3. The highest BCUT2D eigenvalue weighted by atomic mass is 19.2. The molecule has 0 saturated carbocycles. The standard InChI is InChI=1S/C25H20F2N2O2/c1-31-17-9-6-15(7-10-17)24-23-19(18-4-2-3-5-22(18)28-23)12-13-29(24)25(30)16-8-11-20(26)21(27)14-16/h2-11,14,24,28H,12-13H2,1H3/t24-/m1/s1. The van der Waals surface area contributed by atoms with Crippen LogP contribution in [0.3, 0.4) is 0 Å². The van der Waals surface area contributed by atoms with Crippen LogP contribution in [0.5, 0.6) is 5.75 Å². The van der Waals surface area contributed by atoms with Crippen molar-refractivity contribution in [2.45, 2.75) is 12.5 Å². The lowest BCUT2D eigenvalue weighted by atomic mass is 9.91. The number of carbonyl (C=O) groups excluding carboxylic acids is 1. The van der Waals surface area contributed by atoms with Gasteiger partial charge in [-0.2, -0.15) is 0 Å². The zero-order chi connectivity index (χ0) is 21.5. The van der Waals surface area contributed by atoms with Gasteiger partial charge in [-0.15, -0.1) is 0 Å². The molecule has 31 heavy (non-hydrogen) atoms. The Morgan fingerprint density at radius 3 is 2.55 bits per heavy atom. The summed E-state index contributed by atoms with van der Waals surface area (Å²) in [5.74, 6) is -1.63. The fourth-order valence-electron chi connectivity index (χ4n) is 4.39. The highest BCUT2D eigenvalue weighted by Gasteiger charge is 2.35. The molecule has 5 rings (SSSR count). The summed E-state index contributed by atoms with van der Waals surface area (Å²) in [6, 6.07) is 18.5. The van der Waals surface area contributed by atoms with Crippen molar-refractivity contribution in [3.63, 3.8) is 0 Å². The van der Waals surface area contributed by atoms with Crippen LogP contribution in [0.2, 0.25) is 0 Å². The minimum absolute atomic E-state index is 0.122. The Morgan fingerprint density at radius 2 is 1.81 bits per heavy atom. The highest BCUT2D eigenvalue weighted by Crippen LogP contribution is 2.39. The van der Waals surface area contributed by atoms with E-state index in [1.165, 1.54) is 11.6 Å². The lowest BCUT2D eigenvalue weighted by molar-refractivity contribution is 0.0691. The van der Waals surface area contributed by atoms with Crippen LogP contribution in [0, 0.1) is 11.6 Å². The number of H-pyrrole nitrogens is 1. The van der Waals surface area contributed by atoms with Crippen molar-refractivity contribution in [2.24, 2.45) is 0 Å². The van der Waals surface area contributed by atoms with Crippen LogP contribution >= 0.6 is 0 Å². The maximum absolute atomic E-state index is 13.8. The van der Waals surface area contributed by atoms with E-state index in [-0.39, 0.29) is 17.5 Å². The third kappa shape index (κ3) is 3.24. The van der Waals surface area contributed by atoms with E-state index < -0.39 is 11.6 Å². The Labute approximate surface area is 178 Å². The molecule has 1 aliphatic rings. The highest BCUT2D eigenvalue weighted by molar-refractivity contribution is 5.95. The number of carbonyl (C=O) groups is 1. The van der Waals surface area contributed by atoms with Gasteiger partial charge in [-0.3, -0.25) is 4.79 Å². The molecule has 1 atom stereocenters. The van der Waals surface area contributed by atoms with Gasteiger partial charge >= 0.3 is 0 Å². The Kier molecular flexibility index (Phi) is 4.70. The molecular weight excluding hydrogens is 398 g/mol. The second kappa shape index (κ2) is 7.54. The summed E-state index contributed by atoms with van der Waals surface area (Å²) < 4.78 is 32.5. The van der Waals surface area contributed by atoms with Crippen molar-refractivity contribution in [2.75, 3.05) is 13.7 Å². The first-order valence-electron chi connectivity index (χ1n) is 10.1. The van der Waals surface area contributed by atoms with E-state index in [4.69, 9.17) is 4.74 Å². The third-order valence-corrected chi connectivity index (χ3v) is 5.89. The predicted octanol–water partition coefficient (Wildman–Crippen LogP) is 5.24. The molecule has 0 spiro atoms. The fraction of sp³-hybridized carbons (Fsp3) is 0.160. The van der Waals surface area contributed by atoms with Crippen molar-refractivity contribution in [1.82, 2.24) is 9.88 Å². The van der Waals surface area contributed by atoms with Crippen molar-refractivity contribution in [3.8, 4) is 5.75 Å². The van der Waals surface area contributed by atoms with Crippen molar-refractivity contribution >= 4 is 16.8 Å². The molecule has 1 amide bonds. The maximum atomic E-state index is 13.8. The van der Waals surface area contributed by atoms with Crippen molar-refractivity contribution in [1.29, 1.82) is 0 Å². The molecular formula is C25H20F2N2O2. The molecule has 0 fully saturated rings. The number of hydrogen-bond donors (Lipinski definition) is 1. The van der Waals surface area contributed by atoms with E-state index in [9.17, 15) is 13.6 Å². The molecule has 2 heterocycles. The average molecular weight is 418 g/mol. The molecule has 0 aliphatic carbocycles. The second-order valence-electron chi connectivity index (χ2n) is 7.62. The van der Waals surface area contributed by atoms with Gasteiger partial charge in [0.05, 0.1) is 13.2 Å². The maximum Gasteiger partial charge on any atom is 0.254 e. The molecule has 156 valence electrons. The molecule has 0 bridgehead atoms. The van der Waals surface area contributed by atoms with Crippen LogP contribution in [0.15, 0.2) is 66.7 Å². The SMILES string of the molecule is COc1ccc([C@@H]2c3[nH]c4ccccc4c3CCN2C(=O)c2ccc(F)c(F)c2)cc1. The topological polar surface area (TPSA) is 45.3 Å². The van der Waals surface area contributed by atoms with Gasteiger partial charge in [0, 0.05) is 28.7 Å². The molecule has 4 nitrogen and oxygen atoms in total. The molecule has 1 aromatic heterocycles. The first-order chi connectivity index (χ1) is 15.1. The van der Waals surface area contributed by atoms with Gasteiger partial charge in [0.25, 0.3) is 5.91 Å². The van der Waals surface area contributed by atoms with E-state index in [1.807, 2.05) is 42.5 Å². The zero-order valence-corrected chi connectivity index (χ0v) is 16.9. The average Bonchev–Trinajstić information content (AvgIpc) is 3.18. The second-order valence-corrected chi connectivity index (χ2v) is 7.62. The summed E-state index contributed by atoms with van der Waals surface area (Å²) in [6.07, 6.45) is 0.668. The normalized spacial score (nSPS) is 15.7. The smallest absolute Gasteiger partial charge is 0.254 e.